The molecule has 1 fully saturated rings. The quantitative estimate of drug-likeness (QED) is 0.836. The van der Waals surface area contributed by atoms with Gasteiger partial charge in [0.15, 0.2) is 11.6 Å². The molecule has 1 aliphatic rings. The van der Waals surface area contributed by atoms with Crippen LogP contribution in [0.5, 0.6) is 0 Å². The maximum atomic E-state index is 13.4. The lowest BCUT2D eigenvalue weighted by Gasteiger charge is -2.33. The minimum Gasteiger partial charge on any atom is -0.381 e. The fourth-order valence-electron chi connectivity index (χ4n) is 1.84. The third-order valence-electron chi connectivity index (χ3n) is 3.15. The van der Waals surface area contributed by atoms with Crippen molar-refractivity contribution in [3.63, 3.8) is 0 Å². The lowest BCUT2D eigenvalue weighted by molar-refractivity contribution is 0.0299. The highest BCUT2D eigenvalue weighted by atomic mass is 19.1. The summed E-state index contributed by atoms with van der Waals surface area (Å²) in [5, 5.41) is 3.00. The van der Waals surface area contributed by atoms with Crippen molar-refractivity contribution < 1.29 is 9.13 Å². The summed E-state index contributed by atoms with van der Waals surface area (Å²) in [6.07, 6.45) is 3.00. The molecule has 0 bridgehead atoms. The fraction of sp³-hybridized carbons (Fsp3) is 0.636. The topological polar surface area (TPSA) is 73.1 Å². The number of hydrogen-bond donors (Lipinski definition) is 2. The number of ether oxygens (including phenoxy) is 1. The number of hydrogen-bond acceptors (Lipinski definition) is 5. The van der Waals surface area contributed by atoms with Crippen LogP contribution in [-0.4, -0.2) is 29.7 Å². The average molecular weight is 240 g/mol. The van der Waals surface area contributed by atoms with Crippen molar-refractivity contribution in [1.29, 1.82) is 0 Å². The van der Waals surface area contributed by atoms with E-state index in [4.69, 9.17) is 10.5 Å². The van der Waals surface area contributed by atoms with Crippen LogP contribution in [0.3, 0.4) is 0 Å². The first-order valence-electron chi connectivity index (χ1n) is 5.69. The molecule has 1 aliphatic heterocycles. The van der Waals surface area contributed by atoms with Crippen molar-refractivity contribution in [1.82, 2.24) is 9.97 Å². The van der Waals surface area contributed by atoms with Crippen LogP contribution in [0.1, 0.15) is 19.8 Å². The molecule has 2 rings (SSSR count). The molecule has 0 radical (unpaired) electrons. The fourth-order valence-corrected chi connectivity index (χ4v) is 1.84. The van der Waals surface area contributed by atoms with Gasteiger partial charge in [-0.3, -0.25) is 0 Å². The van der Waals surface area contributed by atoms with E-state index >= 15 is 0 Å². The molecule has 0 unspecified atom stereocenters. The van der Waals surface area contributed by atoms with E-state index in [1.54, 1.807) is 0 Å². The molecule has 1 aromatic rings. The Bertz CT molecular complexity index is 393. The van der Waals surface area contributed by atoms with E-state index in [0.717, 1.165) is 32.3 Å². The zero-order valence-electron chi connectivity index (χ0n) is 9.87. The Morgan fingerprint density at radius 2 is 2.24 bits per heavy atom. The van der Waals surface area contributed by atoms with E-state index in [9.17, 15) is 4.39 Å². The van der Waals surface area contributed by atoms with Crippen LogP contribution in [-0.2, 0) is 4.74 Å². The largest absolute Gasteiger partial charge is 0.381 e. The second-order valence-electron chi connectivity index (χ2n) is 4.70. The van der Waals surface area contributed by atoms with Gasteiger partial charge in [-0.2, -0.15) is 4.98 Å². The number of nitrogens with two attached hydrogens (primary N) is 1. The van der Waals surface area contributed by atoms with Gasteiger partial charge in [-0.1, -0.05) is 6.92 Å². The Kier molecular flexibility index (Phi) is 3.42. The third-order valence-corrected chi connectivity index (χ3v) is 3.15. The molecule has 0 aromatic carbocycles. The summed E-state index contributed by atoms with van der Waals surface area (Å²) in [4.78, 5) is 7.42. The molecule has 0 saturated carbocycles. The van der Waals surface area contributed by atoms with Crippen LogP contribution in [0.15, 0.2) is 6.20 Å². The normalized spacial score (nSPS) is 18.9. The summed E-state index contributed by atoms with van der Waals surface area (Å²) in [7, 11) is 0. The smallest absolute Gasteiger partial charge is 0.222 e. The van der Waals surface area contributed by atoms with Crippen LogP contribution in [0.25, 0.3) is 0 Å². The van der Waals surface area contributed by atoms with Crippen molar-refractivity contribution >= 4 is 11.8 Å². The number of nitrogen functional groups attached to an aromatic ring is 1. The molecular formula is C11H17FN4O. The highest BCUT2D eigenvalue weighted by Gasteiger charge is 2.27. The Balaban J connectivity index is 1.99. The minimum atomic E-state index is -0.477. The zero-order valence-corrected chi connectivity index (χ0v) is 9.87. The average Bonchev–Trinajstić information content (AvgIpc) is 2.31. The Labute approximate surface area is 99.6 Å². The zero-order chi connectivity index (χ0) is 12.3. The van der Waals surface area contributed by atoms with E-state index in [-0.39, 0.29) is 17.2 Å². The van der Waals surface area contributed by atoms with Gasteiger partial charge in [0.05, 0.1) is 6.20 Å². The standard InChI is InChI=1S/C11H17FN4O/c1-11(2-4-17-5-3-11)7-15-9-8(12)6-14-10(13)16-9/h6H,2-5,7H2,1H3,(H3,13,14,15,16). The van der Waals surface area contributed by atoms with Gasteiger partial charge in [0.25, 0.3) is 0 Å². The number of nitrogens with one attached hydrogen (secondary N) is 1. The maximum absolute atomic E-state index is 13.4. The monoisotopic (exact) mass is 240 g/mol. The molecule has 17 heavy (non-hydrogen) atoms. The molecule has 94 valence electrons. The van der Waals surface area contributed by atoms with Gasteiger partial charge in [0, 0.05) is 19.8 Å². The van der Waals surface area contributed by atoms with Gasteiger partial charge in [-0.25, -0.2) is 9.37 Å². The first-order valence-corrected chi connectivity index (χ1v) is 5.69. The second kappa shape index (κ2) is 4.83. The Morgan fingerprint density at radius 1 is 1.53 bits per heavy atom. The summed E-state index contributed by atoms with van der Waals surface area (Å²) in [5.74, 6) is -0.230. The molecule has 0 amide bonds. The van der Waals surface area contributed by atoms with E-state index in [0.29, 0.717) is 6.54 Å². The molecule has 1 saturated heterocycles. The molecule has 0 atom stereocenters. The van der Waals surface area contributed by atoms with Crippen molar-refractivity contribution in [2.75, 3.05) is 30.8 Å². The van der Waals surface area contributed by atoms with Gasteiger partial charge < -0.3 is 15.8 Å². The number of anilines is 2. The van der Waals surface area contributed by atoms with Gasteiger partial charge in [-0.05, 0) is 18.3 Å². The Morgan fingerprint density at radius 3 is 2.94 bits per heavy atom. The van der Waals surface area contributed by atoms with Crippen LogP contribution < -0.4 is 11.1 Å². The summed E-state index contributed by atoms with van der Waals surface area (Å²) < 4.78 is 18.7. The van der Waals surface area contributed by atoms with Crippen molar-refractivity contribution in [2.45, 2.75) is 19.8 Å². The molecule has 6 heteroatoms. The number of nitrogens with zero attached hydrogens (tertiary/aromatic N) is 2. The highest BCUT2D eigenvalue weighted by Crippen LogP contribution is 2.29. The van der Waals surface area contributed by atoms with E-state index in [2.05, 4.69) is 22.2 Å². The SMILES string of the molecule is CC1(CNc2nc(N)ncc2F)CCOCC1. The van der Waals surface area contributed by atoms with Crippen molar-refractivity contribution in [3.05, 3.63) is 12.0 Å². The lowest BCUT2D eigenvalue weighted by atomic mass is 9.82. The molecule has 3 N–H and O–H groups in total. The van der Waals surface area contributed by atoms with Gasteiger partial charge >= 0.3 is 0 Å². The number of rotatable bonds is 3. The predicted molar refractivity (Wildman–Crippen MR) is 63.1 cm³/mol. The summed E-state index contributed by atoms with van der Waals surface area (Å²) in [6, 6.07) is 0. The Hall–Kier alpha value is -1.43. The molecule has 5 nitrogen and oxygen atoms in total. The van der Waals surface area contributed by atoms with Gasteiger partial charge in [0.2, 0.25) is 5.95 Å². The van der Waals surface area contributed by atoms with E-state index in [1.165, 1.54) is 0 Å². The van der Waals surface area contributed by atoms with Crippen molar-refractivity contribution in [2.24, 2.45) is 5.41 Å². The second-order valence-corrected chi connectivity index (χ2v) is 4.70. The molecule has 1 aromatic heterocycles. The van der Waals surface area contributed by atoms with Crippen LogP contribution in [0, 0.1) is 11.2 Å². The number of aromatic nitrogens is 2. The van der Waals surface area contributed by atoms with Crippen LogP contribution >= 0.6 is 0 Å². The predicted octanol–water partition coefficient (Wildman–Crippen LogP) is 1.43. The van der Waals surface area contributed by atoms with Crippen LogP contribution in [0.2, 0.25) is 0 Å². The molecule has 0 spiro atoms. The molecule has 2 heterocycles. The van der Waals surface area contributed by atoms with Gasteiger partial charge in [-0.15, -0.1) is 0 Å². The van der Waals surface area contributed by atoms with Gasteiger partial charge in [0.1, 0.15) is 0 Å². The third kappa shape index (κ3) is 3.03. The van der Waals surface area contributed by atoms with Crippen molar-refractivity contribution in [3.8, 4) is 0 Å². The summed E-state index contributed by atoms with van der Waals surface area (Å²) in [5.41, 5.74) is 5.54. The van der Waals surface area contributed by atoms with Crippen LogP contribution in [0.4, 0.5) is 16.2 Å². The minimum absolute atomic E-state index is 0.0750. The summed E-state index contributed by atoms with van der Waals surface area (Å²) in [6.45, 7) is 4.33. The molecule has 0 aliphatic carbocycles. The maximum Gasteiger partial charge on any atom is 0.222 e. The summed E-state index contributed by atoms with van der Waals surface area (Å²) >= 11 is 0. The first kappa shape index (κ1) is 12.0. The van der Waals surface area contributed by atoms with E-state index in [1.807, 2.05) is 0 Å². The number of halogens is 1. The highest BCUT2D eigenvalue weighted by molar-refractivity contribution is 5.39. The van der Waals surface area contributed by atoms with E-state index < -0.39 is 5.82 Å². The molecular weight excluding hydrogens is 223 g/mol. The first-order chi connectivity index (χ1) is 8.09. The lowest BCUT2D eigenvalue weighted by Crippen LogP contribution is -2.33.